The van der Waals surface area contributed by atoms with E-state index >= 15 is 0 Å². The SMILES string of the molecule is C(=N\Nc1ncc(-c2cccs2)s1)/c1ccccc1. The number of thiazole rings is 1. The number of nitrogens with zero attached hydrogens (tertiary/aromatic N) is 2. The first-order valence-electron chi connectivity index (χ1n) is 5.76. The fourth-order valence-corrected chi connectivity index (χ4v) is 3.14. The molecule has 0 fully saturated rings. The van der Waals surface area contributed by atoms with E-state index in [1.54, 1.807) is 28.9 Å². The Balaban J connectivity index is 1.67. The Morgan fingerprint density at radius 1 is 1.05 bits per heavy atom. The van der Waals surface area contributed by atoms with Crippen molar-refractivity contribution in [3.8, 4) is 9.75 Å². The average Bonchev–Trinajstić information content (AvgIpc) is 3.10. The average molecular weight is 285 g/mol. The van der Waals surface area contributed by atoms with Crippen LogP contribution >= 0.6 is 22.7 Å². The summed E-state index contributed by atoms with van der Waals surface area (Å²) in [5, 5.41) is 7.05. The summed E-state index contributed by atoms with van der Waals surface area (Å²) in [6.45, 7) is 0. The maximum atomic E-state index is 4.30. The van der Waals surface area contributed by atoms with Gasteiger partial charge in [0.1, 0.15) is 0 Å². The van der Waals surface area contributed by atoms with Crippen LogP contribution in [0.1, 0.15) is 5.56 Å². The third-order valence-corrected chi connectivity index (χ3v) is 4.41. The van der Waals surface area contributed by atoms with Gasteiger partial charge in [-0.05, 0) is 17.0 Å². The van der Waals surface area contributed by atoms with Gasteiger partial charge in [-0.25, -0.2) is 4.98 Å². The molecule has 0 atom stereocenters. The van der Waals surface area contributed by atoms with Crippen LogP contribution in [0.2, 0.25) is 0 Å². The van der Waals surface area contributed by atoms with Crippen molar-refractivity contribution in [1.82, 2.24) is 4.98 Å². The molecule has 2 aromatic heterocycles. The fourth-order valence-electron chi connectivity index (χ4n) is 1.56. The van der Waals surface area contributed by atoms with E-state index in [9.17, 15) is 0 Å². The first-order valence-corrected chi connectivity index (χ1v) is 7.45. The van der Waals surface area contributed by atoms with E-state index in [0.29, 0.717) is 0 Å². The molecule has 19 heavy (non-hydrogen) atoms. The molecule has 94 valence electrons. The molecule has 0 spiro atoms. The molecular formula is C14H11N3S2. The van der Waals surface area contributed by atoms with Crippen LogP contribution in [0.5, 0.6) is 0 Å². The minimum Gasteiger partial charge on any atom is -0.253 e. The second kappa shape index (κ2) is 5.77. The first kappa shape index (κ1) is 12.1. The van der Waals surface area contributed by atoms with Gasteiger partial charge in [0.15, 0.2) is 0 Å². The van der Waals surface area contributed by atoms with Gasteiger partial charge in [-0.1, -0.05) is 47.7 Å². The maximum absolute atomic E-state index is 4.30. The molecule has 0 aliphatic heterocycles. The lowest BCUT2D eigenvalue weighted by Crippen LogP contribution is -1.88. The number of hydrazone groups is 1. The topological polar surface area (TPSA) is 37.3 Å². The zero-order valence-corrected chi connectivity index (χ0v) is 11.6. The third kappa shape index (κ3) is 3.07. The van der Waals surface area contributed by atoms with Gasteiger partial charge in [-0.3, -0.25) is 5.43 Å². The number of nitrogens with one attached hydrogen (secondary N) is 1. The smallest absolute Gasteiger partial charge is 0.203 e. The van der Waals surface area contributed by atoms with Crippen LogP contribution in [0, 0.1) is 0 Å². The lowest BCUT2D eigenvalue weighted by Gasteiger charge is -1.93. The van der Waals surface area contributed by atoms with Crippen molar-refractivity contribution >= 4 is 34.0 Å². The van der Waals surface area contributed by atoms with Gasteiger partial charge in [-0.2, -0.15) is 5.10 Å². The van der Waals surface area contributed by atoms with Crippen LogP contribution < -0.4 is 5.43 Å². The monoisotopic (exact) mass is 285 g/mol. The summed E-state index contributed by atoms with van der Waals surface area (Å²) in [5.74, 6) is 0. The van der Waals surface area contributed by atoms with Crippen LogP contribution in [0.4, 0.5) is 5.13 Å². The quantitative estimate of drug-likeness (QED) is 0.572. The van der Waals surface area contributed by atoms with Gasteiger partial charge >= 0.3 is 0 Å². The normalized spacial score (nSPS) is 10.9. The van der Waals surface area contributed by atoms with Crippen molar-refractivity contribution in [3.63, 3.8) is 0 Å². The molecular weight excluding hydrogens is 274 g/mol. The summed E-state index contributed by atoms with van der Waals surface area (Å²) in [5.41, 5.74) is 4.02. The molecule has 0 radical (unpaired) electrons. The van der Waals surface area contributed by atoms with E-state index in [-0.39, 0.29) is 0 Å². The summed E-state index contributed by atoms with van der Waals surface area (Å²) >= 11 is 3.31. The molecule has 0 amide bonds. The molecule has 0 bridgehead atoms. The minimum absolute atomic E-state index is 0.801. The molecule has 0 aliphatic carbocycles. The second-order valence-electron chi connectivity index (χ2n) is 3.79. The predicted octanol–water partition coefficient (Wildman–Crippen LogP) is 4.32. The number of benzene rings is 1. The highest BCUT2D eigenvalue weighted by molar-refractivity contribution is 7.23. The molecule has 0 aliphatic rings. The lowest BCUT2D eigenvalue weighted by atomic mass is 10.2. The van der Waals surface area contributed by atoms with Crippen molar-refractivity contribution in [3.05, 3.63) is 59.6 Å². The van der Waals surface area contributed by atoms with E-state index in [1.165, 1.54) is 4.88 Å². The number of aromatic nitrogens is 1. The fraction of sp³-hybridized carbons (Fsp3) is 0. The Kier molecular flexibility index (Phi) is 3.67. The third-order valence-electron chi connectivity index (χ3n) is 2.44. The van der Waals surface area contributed by atoms with E-state index in [4.69, 9.17) is 0 Å². The van der Waals surface area contributed by atoms with E-state index in [0.717, 1.165) is 15.6 Å². The number of thiophene rings is 1. The molecule has 1 N–H and O–H groups in total. The van der Waals surface area contributed by atoms with Crippen LogP contribution in [0.3, 0.4) is 0 Å². The van der Waals surface area contributed by atoms with Crippen LogP contribution in [-0.2, 0) is 0 Å². The van der Waals surface area contributed by atoms with Crippen molar-refractivity contribution in [1.29, 1.82) is 0 Å². The standard InChI is InChI=1S/C14H11N3S2/c1-2-5-11(6-3-1)9-16-17-14-15-10-13(19-14)12-7-4-8-18-12/h1-10H,(H,15,17)/b16-9+. The van der Waals surface area contributed by atoms with Crippen molar-refractivity contribution in [2.75, 3.05) is 5.43 Å². The van der Waals surface area contributed by atoms with Crippen LogP contribution in [0.25, 0.3) is 9.75 Å². The van der Waals surface area contributed by atoms with E-state index < -0.39 is 0 Å². The summed E-state index contributed by atoms with van der Waals surface area (Å²) in [4.78, 5) is 6.70. The van der Waals surface area contributed by atoms with Gasteiger partial charge < -0.3 is 0 Å². The molecule has 3 rings (SSSR count). The largest absolute Gasteiger partial charge is 0.253 e. The highest BCUT2D eigenvalue weighted by Gasteiger charge is 2.03. The summed E-state index contributed by atoms with van der Waals surface area (Å²) in [7, 11) is 0. The van der Waals surface area contributed by atoms with Crippen LogP contribution in [0.15, 0.2) is 59.1 Å². The van der Waals surface area contributed by atoms with Gasteiger partial charge in [0.2, 0.25) is 5.13 Å². The van der Waals surface area contributed by atoms with Crippen molar-refractivity contribution in [2.24, 2.45) is 5.10 Å². The minimum atomic E-state index is 0.801. The Hall–Kier alpha value is -1.98. The van der Waals surface area contributed by atoms with Gasteiger partial charge in [0.25, 0.3) is 0 Å². The zero-order chi connectivity index (χ0) is 12.9. The molecule has 3 nitrogen and oxygen atoms in total. The summed E-state index contributed by atoms with van der Waals surface area (Å²) in [6, 6.07) is 14.1. The number of rotatable bonds is 4. The molecule has 5 heteroatoms. The summed E-state index contributed by atoms with van der Waals surface area (Å²) in [6.07, 6.45) is 3.66. The second-order valence-corrected chi connectivity index (χ2v) is 5.77. The van der Waals surface area contributed by atoms with Gasteiger partial charge in [0, 0.05) is 11.1 Å². The van der Waals surface area contributed by atoms with E-state index in [1.807, 2.05) is 42.6 Å². The van der Waals surface area contributed by atoms with Gasteiger partial charge in [0.05, 0.1) is 11.1 Å². The number of hydrogen-bond donors (Lipinski definition) is 1. The molecule has 1 aromatic carbocycles. The zero-order valence-electron chi connectivity index (χ0n) is 9.98. The highest BCUT2D eigenvalue weighted by atomic mass is 32.1. The highest BCUT2D eigenvalue weighted by Crippen LogP contribution is 2.31. The molecule has 0 unspecified atom stereocenters. The Morgan fingerprint density at radius 3 is 2.74 bits per heavy atom. The number of anilines is 1. The predicted molar refractivity (Wildman–Crippen MR) is 83.1 cm³/mol. The molecule has 0 saturated heterocycles. The maximum Gasteiger partial charge on any atom is 0.203 e. The molecule has 0 saturated carbocycles. The van der Waals surface area contributed by atoms with Crippen LogP contribution in [-0.4, -0.2) is 11.2 Å². The molecule has 3 aromatic rings. The Labute approximate surface area is 119 Å². The van der Waals surface area contributed by atoms with E-state index in [2.05, 4.69) is 27.0 Å². The van der Waals surface area contributed by atoms with Crippen molar-refractivity contribution < 1.29 is 0 Å². The molecule has 2 heterocycles. The first-order chi connectivity index (χ1) is 9.42. The Morgan fingerprint density at radius 2 is 1.95 bits per heavy atom. The van der Waals surface area contributed by atoms with Gasteiger partial charge in [-0.15, -0.1) is 11.3 Å². The Bertz CT molecular complexity index is 657. The number of hydrogen-bond acceptors (Lipinski definition) is 5. The summed E-state index contributed by atoms with van der Waals surface area (Å²) < 4.78 is 0. The van der Waals surface area contributed by atoms with Crippen molar-refractivity contribution in [2.45, 2.75) is 0 Å². The lowest BCUT2D eigenvalue weighted by molar-refractivity contribution is 1.29.